The lowest BCUT2D eigenvalue weighted by atomic mass is 9.95. The highest BCUT2D eigenvalue weighted by Gasteiger charge is 2.14. The Morgan fingerprint density at radius 3 is 2.30 bits per heavy atom. The van der Waals surface area contributed by atoms with E-state index in [0.29, 0.717) is 6.42 Å². The molecule has 0 fully saturated rings. The Labute approximate surface area is 121 Å². The third-order valence-corrected chi connectivity index (χ3v) is 3.63. The molecule has 0 amide bonds. The first-order valence-electron chi connectivity index (χ1n) is 6.90. The van der Waals surface area contributed by atoms with Crippen molar-refractivity contribution in [2.75, 3.05) is 7.11 Å². The minimum absolute atomic E-state index is 0.508. The van der Waals surface area contributed by atoms with Gasteiger partial charge in [-0.1, -0.05) is 41.5 Å². The summed E-state index contributed by atoms with van der Waals surface area (Å²) in [5, 5.41) is 10.5. The summed E-state index contributed by atoms with van der Waals surface area (Å²) >= 11 is 0. The van der Waals surface area contributed by atoms with Gasteiger partial charge in [-0.3, -0.25) is 0 Å². The number of methoxy groups -OCH3 is 1. The molecule has 0 saturated carbocycles. The molecule has 0 aliphatic carbocycles. The molecule has 0 bridgehead atoms. The Balaban J connectivity index is 2.27. The molecule has 2 rings (SSSR count). The number of ether oxygens (including phenoxy) is 1. The normalized spacial score (nSPS) is 12.2. The number of hydrogen-bond acceptors (Lipinski definition) is 2. The second-order valence-corrected chi connectivity index (χ2v) is 5.40. The predicted octanol–water partition coefficient (Wildman–Crippen LogP) is 3.90. The van der Waals surface area contributed by atoms with E-state index in [4.69, 9.17) is 4.74 Å². The van der Waals surface area contributed by atoms with Crippen LogP contribution in [0, 0.1) is 20.8 Å². The van der Waals surface area contributed by atoms with Crippen LogP contribution in [0.15, 0.2) is 36.4 Å². The van der Waals surface area contributed by atoms with Gasteiger partial charge < -0.3 is 9.84 Å². The number of aliphatic hydroxyl groups is 1. The molecule has 1 unspecified atom stereocenters. The standard InChI is InChI=1S/C18H22O2/c1-12-5-7-16(14(3)9-12)17(19)11-15-10-13(2)6-8-18(15)20-4/h5-10,17,19H,11H2,1-4H3. The quantitative estimate of drug-likeness (QED) is 0.913. The van der Waals surface area contributed by atoms with Gasteiger partial charge >= 0.3 is 0 Å². The highest BCUT2D eigenvalue weighted by atomic mass is 16.5. The fourth-order valence-corrected chi connectivity index (χ4v) is 2.58. The zero-order valence-electron chi connectivity index (χ0n) is 12.6. The van der Waals surface area contributed by atoms with E-state index in [-0.39, 0.29) is 0 Å². The minimum atomic E-state index is -0.508. The molecule has 2 aromatic carbocycles. The molecule has 20 heavy (non-hydrogen) atoms. The van der Waals surface area contributed by atoms with E-state index < -0.39 is 6.10 Å². The van der Waals surface area contributed by atoms with Gasteiger partial charge in [0.2, 0.25) is 0 Å². The van der Waals surface area contributed by atoms with Gasteiger partial charge in [-0.15, -0.1) is 0 Å². The van der Waals surface area contributed by atoms with E-state index in [1.165, 1.54) is 11.1 Å². The van der Waals surface area contributed by atoms with Crippen molar-refractivity contribution < 1.29 is 9.84 Å². The molecule has 0 radical (unpaired) electrons. The minimum Gasteiger partial charge on any atom is -0.496 e. The number of benzene rings is 2. The van der Waals surface area contributed by atoms with Crippen molar-refractivity contribution in [1.29, 1.82) is 0 Å². The number of aryl methyl sites for hydroxylation is 3. The number of rotatable bonds is 4. The van der Waals surface area contributed by atoms with E-state index in [9.17, 15) is 5.11 Å². The molecule has 1 atom stereocenters. The van der Waals surface area contributed by atoms with Gasteiger partial charge in [0.15, 0.2) is 0 Å². The molecule has 2 aromatic rings. The van der Waals surface area contributed by atoms with E-state index >= 15 is 0 Å². The molecule has 0 aliphatic heterocycles. The van der Waals surface area contributed by atoms with E-state index in [2.05, 4.69) is 19.1 Å². The van der Waals surface area contributed by atoms with Crippen LogP contribution in [0.2, 0.25) is 0 Å². The van der Waals surface area contributed by atoms with Gasteiger partial charge in [0.1, 0.15) is 5.75 Å². The molecule has 0 aromatic heterocycles. The number of hydrogen-bond donors (Lipinski definition) is 1. The molecule has 2 nitrogen and oxygen atoms in total. The molecular formula is C18H22O2. The Morgan fingerprint density at radius 2 is 1.65 bits per heavy atom. The summed E-state index contributed by atoms with van der Waals surface area (Å²) in [7, 11) is 1.66. The van der Waals surface area contributed by atoms with E-state index in [1.807, 2.05) is 38.1 Å². The summed E-state index contributed by atoms with van der Waals surface area (Å²) in [6.45, 7) is 6.15. The van der Waals surface area contributed by atoms with Crippen molar-refractivity contribution in [3.05, 3.63) is 64.2 Å². The van der Waals surface area contributed by atoms with Crippen LogP contribution in [0.25, 0.3) is 0 Å². The Morgan fingerprint density at radius 1 is 1.00 bits per heavy atom. The topological polar surface area (TPSA) is 29.5 Å². The largest absolute Gasteiger partial charge is 0.496 e. The summed E-state index contributed by atoms with van der Waals surface area (Å²) in [6.07, 6.45) is 0.0562. The lowest BCUT2D eigenvalue weighted by Gasteiger charge is -2.16. The first kappa shape index (κ1) is 14.6. The molecule has 0 heterocycles. The first-order valence-corrected chi connectivity index (χ1v) is 6.90. The highest BCUT2D eigenvalue weighted by Crippen LogP contribution is 2.27. The monoisotopic (exact) mass is 270 g/mol. The fraction of sp³-hybridized carbons (Fsp3) is 0.333. The lowest BCUT2D eigenvalue weighted by molar-refractivity contribution is 0.176. The van der Waals surface area contributed by atoms with Gasteiger partial charge in [-0.25, -0.2) is 0 Å². The smallest absolute Gasteiger partial charge is 0.122 e. The predicted molar refractivity (Wildman–Crippen MR) is 82.3 cm³/mol. The van der Waals surface area contributed by atoms with Crippen molar-refractivity contribution in [3.63, 3.8) is 0 Å². The van der Waals surface area contributed by atoms with Crippen LogP contribution in [0.5, 0.6) is 5.75 Å². The van der Waals surface area contributed by atoms with Crippen LogP contribution in [0.3, 0.4) is 0 Å². The van der Waals surface area contributed by atoms with Gasteiger partial charge in [-0.2, -0.15) is 0 Å². The average molecular weight is 270 g/mol. The maximum Gasteiger partial charge on any atom is 0.122 e. The molecule has 2 heteroatoms. The third-order valence-electron chi connectivity index (χ3n) is 3.63. The first-order chi connectivity index (χ1) is 9.51. The van der Waals surface area contributed by atoms with Crippen molar-refractivity contribution in [1.82, 2.24) is 0 Å². The molecule has 0 saturated heterocycles. The molecule has 1 N–H and O–H groups in total. The van der Waals surface area contributed by atoms with Gasteiger partial charge in [0, 0.05) is 6.42 Å². The Kier molecular flexibility index (Phi) is 4.46. The summed E-state index contributed by atoms with van der Waals surface area (Å²) in [5.74, 6) is 0.833. The zero-order valence-corrected chi connectivity index (χ0v) is 12.6. The van der Waals surface area contributed by atoms with E-state index in [1.54, 1.807) is 7.11 Å². The Hall–Kier alpha value is -1.80. The van der Waals surface area contributed by atoms with Crippen LogP contribution in [0.1, 0.15) is 33.9 Å². The van der Waals surface area contributed by atoms with Crippen molar-refractivity contribution in [3.8, 4) is 5.75 Å². The molecular weight excluding hydrogens is 248 g/mol. The summed E-state index contributed by atoms with van der Waals surface area (Å²) in [4.78, 5) is 0. The second-order valence-electron chi connectivity index (χ2n) is 5.40. The van der Waals surface area contributed by atoms with Crippen LogP contribution < -0.4 is 4.74 Å². The van der Waals surface area contributed by atoms with Crippen LogP contribution >= 0.6 is 0 Å². The zero-order chi connectivity index (χ0) is 14.7. The number of aliphatic hydroxyl groups excluding tert-OH is 1. The fourth-order valence-electron chi connectivity index (χ4n) is 2.58. The van der Waals surface area contributed by atoms with Crippen LogP contribution in [-0.2, 0) is 6.42 Å². The van der Waals surface area contributed by atoms with Crippen LogP contribution in [0.4, 0.5) is 0 Å². The van der Waals surface area contributed by atoms with Gasteiger partial charge in [0.05, 0.1) is 13.2 Å². The van der Waals surface area contributed by atoms with Gasteiger partial charge in [0.25, 0.3) is 0 Å². The average Bonchev–Trinajstić information content (AvgIpc) is 2.38. The molecule has 0 aliphatic rings. The molecule has 106 valence electrons. The second kappa shape index (κ2) is 6.10. The van der Waals surface area contributed by atoms with Crippen LogP contribution in [-0.4, -0.2) is 12.2 Å². The highest BCUT2D eigenvalue weighted by molar-refractivity contribution is 5.39. The SMILES string of the molecule is COc1ccc(C)cc1CC(O)c1ccc(C)cc1C. The van der Waals surface area contributed by atoms with Crippen molar-refractivity contribution in [2.45, 2.75) is 33.3 Å². The van der Waals surface area contributed by atoms with Gasteiger partial charge in [-0.05, 0) is 43.5 Å². The van der Waals surface area contributed by atoms with Crippen molar-refractivity contribution >= 4 is 0 Å². The van der Waals surface area contributed by atoms with Crippen molar-refractivity contribution in [2.24, 2.45) is 0 Å². The third kappa shape index (κ3) is 3.20. The Bertz CT molecular complexity index is 602. The maximum atomic E-state index is 10.5. The summed E-state index contributed by atoms with van der Waals surface area (Å²) < 4.78 is 5.38. The lowest BCUT2D eigenvalue weighted by Crippen LogP contribution is -2.05. The summed E-state index contributed by atoms with van der Waals surface area (Å²) in [6, 6.07) is 12.2. The summed E-state index contributed by atoms with van der Waals surface area (Å²) in [5.41, 5.74) is 5.54. The maximum absolute atomic E-state index is 10.5. The molecule has 0 spiro atoms. The van der Waals surface area contributed by atoms with E-state index in [0.717, 1.165) is 22.4 Å².